The smallest absolute Gasteiger partial charge is 0.161 e. The van der Waals surface area contributed by atoms with Crippen molar-refractivity contribution < 1.29 is 14.2 Å². The molecule has 1 unspecified atom stereocenters. The summed E-state index contributed by atoms with van der Waals surface area (Å²) in [6.07, 6.45) is 1.01. The second-order valence-corrected chi connectivity index (χ2v) is 5.82. The van der Waals surface area contributed by atoms with Crippen LogP contribution in [0, 0.1) is 0 Å². The number of ether oxygens (including phenoxy) is 3. The topological polar surface area (TPSA) is 30.9 Å². The Morgan fingerprint density at radius 1 is 0.957 bits per heavy atom. The molecule has 23 heavy (non-hydrogen) atoms. The van der Waals surface area contributed by atoms with Crippen molar-refractivity contribution in [2.75, 3.05) is 34.9 Å². The van der Waals surface area contributed by atoms with Crippen molar-refractivity contribution in [2.24, 2.45) is 0 Å². The van der Waals surface area contributed by atoms with E-state index in [1.807, 2.05) is 12.1 Å². The van der Waals surface area contributed by atoms with E-state index >= 15 is 0 Å². The molecule has 1 aliphatic rings. The maximum absolute atomic E-state index is 5.50. The van der Waals surface area contributed by atoms with Crippen molar-refractivity contribution in [1.82, 2.24) is 4.90 Å². The molecule has 0 aliphatic carbocycles. The molecule has 0 saturated carbocycles. The van der Waals surface area contributed by atoms with E-state index in [0.29, 0.717) is 0 Å². The Kier molecular flexibility index (Phi) is 4.44. The van der Waals surface area contributed by atoms with Crippen LogP contribution in [0.15, 0.2) is 36.4 Å². The van der Waals surface area contributed by atoms with Gasteiger partial charge >= 0.3 is 0 Å². The molecule has 0 N–H and O–H groups in total. The fourth-order valence-electron chi connectivity index (χ4n) is 3.32. The average Bonchev–Trinajstić information content (AvgIpc) is 2.60. The van der Waals surface area contributed by atoms with Gasteiger partial charge in [-0.3, -0.25) is 4.90 Å². The van der Waals surface area contributed by atoms with Crippen molar-refractivity contribution in [2.45, 2.75) is 12.5 Å². The third kappa shape index (κ3) is 2.86. The van der Waals surface area contributed by atoms with Crippen LogP contribution in [-0.4, -0.2) is 39.8 Å². The Balaban J connectivity index is 2.12. The van der Waals surface area contributed by atoms with Crippen molar-refractivity contribution in [3.8, 4) is 17.2 Å². The lowest BCUT2D eigenvalue weighted by molar-refractivity contribution is 0.262. The van der Waals surface area contributed by atoms with E-state index in [4.69, 9.17) is 14.2 Å². The van der Waals surface area contributed by atoms with Gasteiger partial charge in [-0.1, -0.05) is 12.1 Å². The number of fused-ring (bicyclic) bond motifs is 1. The van der Waals surface area contributed by atoms with Gasteiger partial charge in [-0.25, -0.2) is 0 Å². The normalized spacial score (nSPS) is 17.5. The summed E-state index contributed by atoms with van der Waals surface area (Å²) in [7, 11) is 7.21. The number of methoxy groups -OCH3 is 3. The van der Waals surface area contributed by atoms with Crippen molar-refractivity contribution >= 4 is 0 Å². The summed E-state index contributed by atoms with van der Waals surface area (Å²) in [5.74, 6) is 2.44. The molecular formula is C19H23NO3. The predicted molar refractivity (Wildman–Crippen MR) is 90.7 cm³/mol. The Morgan fingerprint density at radius 3 is 2.39 bits per heavy atom. The van der Waals surface area contributed by atoms with Crippen molar-refractivity contribution in [3.05, 3.63) is 53.1 Å². The van der Waals surface area contributed by atoms with Crippen LogP contribution in [0.5, 0.6) is 17.2 Å². The summed E-state index contributed by atoms with van der Waals surface area (Å²) in [6.45, 7) is 1.00. The Hall–Kier alpha value is -2.20. The summed E-state index contributed by atoms with van der Waals surface area (Å²) >= 11 is 0. The maximum Gasteiger partial charge on any atom is 0.161 e. The molecule has 1 aliphatic heterocycles. The standard InChI is InChI=1S/C19H23NO3/c1-20-9-8-13-11-17(22-3)18(23-4)12-16(13)19(20)14-6-5-7-15(10-14)21-2/h5-7,10-12,19H,8-9H2,1-4H3. The first-order valence-electron chi connectivity index (χ1n) is 7.77. The molecule has 1 atom stereocenters. The molecule has 2 aromatic carbocycles. The Bertz CT molecular complexity index is 699. The van der Waals surface area contributed by atoms with E-state index < -0.39 is 0 Å². The fraction of sp³-hybridized carbons (Fsp3) is 0.368. The van der Waals surface area contributed by atoms with Gasteiger partial charge in [0.1, 0.15) is 5.75 Å². The van der Waals surface area contributed by atoms with Crippen molar-refractivity contribution in [3.63, 3.8) is 0 Å². The van der Waals surface area contributed by atoms with Crippen LogP contribution in [0.25, 0.3) is 0 Å². The first kappa shape index (κ1) is 15.7. The van der Waals surface area contributed by atoms with E-state index in [2.05, 4.69) is 36.2 Å². The molecule has 122 valence electrons. The Morgan fingerprint density at radius 2 is 1.70 bits per heavy atom. The van der Waals surface area contributed by atoms with E-state index in [0.717, 1.165) is 30.2 Å². The fourth-order valence-corrected chi connectivity index (χ4v) is 3.32. The lowest BCUT2D eigenvalue weighted by Gasteiger charge is -2.35. The largest absolute Gasteiger partial charge is 0.497 e. The molecule has 3 rings (SSSR count). The van der Waals surface area contributed by atoms with Gasteiger partial charge in [0.05, 0.1) is 27.4 Å². The second-order valence-electron chi connectivity index (χ2n) is 5.82. The van der Waals surface area contributed by atoms with Gasteiger partial charge < -0.3 is 14.2 Å². The highest BCUT2D eigenvalue weighted by molar-refractivity contribution is 5.52. The quantitative estimate of drug-likeness (QED) is 0.867. The molecule has 0 spiro atoms. The molecular weight excluding hydrogens is 290 g/mol. The van der Waals surface area contributed by atoms with Gasteiger partial charge in [-0.2, -0.15) is 0 Å². The molecule has 0 bridgehead atoms. The van der Waals surface area contributed by atoms with Crippen molar-refractivity contribution in [1.29, 1.82) is 0 Å². The highest BCUT2D eigenvalue weighted by Crippen LogP contribution is 2.40. The van der Waals surface area contributed by atoms with Crippen LogP contribution >= 0.6 is 0 Å². The predicted octanol–water partition coefficient (Wildman–Crippen LogP) is 3.29. The molecule has 2 aromatic rings. The first-order chi connectivity index (χ1) is 11.2. The van der Waals surface area contributed by atoms with Gasteiger partial charge in [0.2, 0.25) is 0 Å². The van der Waals surface area contributed by atoms with Gasteiger partial charge in [0.15, 0.2) is 11.5 Å². The molecule has 0 amide bonds. The average molecular weight is 313 g/mol. The number of likely N-dealkylation sites (N-methyl/N-ethyl adjacent to an activating group) is 1. The summed E-state index contributed by atoms with van der Waals surface area (Å²) in [6, 6.07) is 12.7. The van der Waals surface area contributed by atoms with E-state index in [1.54, 1.807) is 21.3 Å². The summed E-state index contributed by atoms with van der Waals surface area (Å²) < 4.78 is 16.3. The van der Waals surface area contributed by atoms with E-state index in [1.165, 1.54) is 16.7 Å². The molecule has 0 fully saturated rings. The third-order valence-electron chi connectivity index (χ3n) is 4.52. The second kappa shape index (κ2) is 6.50. The molecule has 0 aromatic heterocycles. The lowest BCUT2D eigenvalue weighted by atomic mass is 9.88. The maximum atomic E-state index is 5.50. The number of hydrogen-bond acceptors (Lipinski definition) is 4. The van der Waals surface area contributed by atoms with Gasteiger partial charge in [0.25, 0.3) is 0 Å². The number of hydrogen-bond donors (Lipinski definition) is 0. The SMILES string of the molecule is COc1cccc(C2c3cc(OC)c(OC)cc3CCN2C)c1. The van der Waals surface area contributed by atoms with Crippen LogP contribution < -0.4 is 14.2 Å². The zero-order valence-electron chi connectivity index (χ0n) is 14.1. The van der Waals surface area contributed by atoms with Crippen LogP contribution in [-0.2, 0) is 6.42 Å². The molecule has 0 radical (unpaired) electrons. The van der Waals surface area contributed by atoms with Gasteiger partial charge in [0, 0.05) is 6.54 Å². The number of benzene rings is 2. The third-order valence-corrected chi connectivity index (χ3v) is 4.52. The zero-order chi connectivity index (χ0) is 16.4. The highest BCUT2D eigenvalue weighted by Gasteiger charge is 2.28. The number of nitrogens with zero attached hydrogens (tertiary/aromatic N) is 1. The summed E-state index contributed by atoms with van der Waals surface area (Å²) in [5.41, 5.74) is 3.80. The van der Waals surface area contributed by atoms with Crippen LogP contribution in [0.4, 0.5) is 0 Å². The molecule has 4 heteroatoms. The monoisotopic (exact) mass is 313 g/mol. The van der Waals surface area contributed by atoms with Gasteiger partial charge in [-0.15, -0.1) is 0 Å². The minimum absolute atomic E-state index is 0.189. The first-order valence-corrected chi connectivity index (χ1v) is 7.77. The summed E-state index contributed by atoms with van der Waals surface area (Å²) in [4.78, 5) is 2.36. The molecule has 0 saturated heterocycles. The minimum atomic E-state index is 0.189. The van der Waals surface area contributed by atoms with E-state index in [-0.39, 0.29) is 6.04 Å². The summed E-state index contributed by atoms with van der Waals surface area (Å²) in [5, 5.41) is 0. The number of rotatable bonds is 4. The van der Waals surface area contributed by atoms with E-state index in [9.17, 15) is 0 Å². The van der Waals surface area contributed by atoms with Crippen LogP contribution in [0.1, 0.15) is 22.7 Å². The highest BCUT2D eigenvalue weighted by atomic mass is 16.5. The van der Waals surface area contributed by atoms with Crippen LogP contribution in [0.2, 0.25) is 0 Å². The Labute approximate surface area is 137 Å². The zero-order valence-corrected chi connectivity index (χ0v) is 14.1. The van der Waals surface area contributed by atoms with Gasteiger partial charge in [-0.05, 0) is 54.4 Å². The lowest BCUT2D eigenvalue weighted by Crippen LogP contribution is -2.32. The molecule has 1 heterocycles. The molecule has 4 nitrogen and oxygen atoms in total. The van der Waals surface area contributed by atoms with Crippen LogP contribution in [0.3, 0.4) is 0 Å². The minimum Gasteiger partial charge on any atom is -0.497 e.